The molecular formula is C16H18N2O2. The van der Waals surface area contributed by atoms with Gasteiger partial charge in [-0.1, -0.05) is 6.07 Å². The monoisotopic (exact) mass is 270 g/mol. The Morgan fingerprint density at radius 1 is 1.25 bits per heavy atom. The number of hydrogen-bond donors (Lipinski definition) is 1. The van der Waals surface area contributed by atoms with Gasteiger partial charge in [0.15, 0.2) is 0 Å². The molecule has 0 saturated heterocycles. The molecule has 0 atom stereocenters. The standard InChI is InChI=1S/C16H18N2O2/c1-10-7-15(11(2)20-10)16(19)18-6-5-12-3-4-14(17)8-13(12)9-18/h3-4,7-8H,5-6,9,17H2,1-2H3. The molecule has 0 saturated carbocycles. The number of rotatable bonds is 1. The number of furan rings is 1. The topological polar surface area (TPSA) is 59.5 Å². The molecule has 1 aliphatic rings. The van der Waals surface area contributed by atoms with Gasteiger partial charge >= 0.3 is 0 Å². The minimum Gasteiger partial charge on any atom is -0.466 e. The summed E-state index contributed by atoms with van der Waals surface area (Å²) in [6.07, 6.45) is 0.872. The molecule has 0 spiro atoms. The van der Waals surface area contributed by atoms with Crippen LogP contribution in [-0.4, -0.2) is 17.4 Å². The van der Waals surface area contributed by atoms with Crippen LogP contribution < -0.4 is 5.73 Å². The first-order valence-corrected chi connectivity index (χ1v) is 6.78. The van der Waals surface area contributed by atoms with Gasteiger partial charge in [0.05, 0.1) is 5.56 Å². The molecule has 2 heterocycles. The van der Waals surface area contributed by atoms with Crippen LogP contribution in [0.1, 0.15) is 33.0 Å². The highest BCUT2D eigenvalue weighted by Gasteiger charge is 2.24. The molecule has 2 N–H and O–H groups in total. The molecule has 1 aromatic heterocycles. The number of nitrogen functional groups attached to an aromatic ring is 1. The Morgan fingerprint density at radius 2 is 2.05 bits per heavy atom. The summed E-state index contributed by atoms with van der Waals surface area (Å²) >= 11 is 0. The number of nitrogens with zero attached hydrogens (tertiary/aromatic N) is 1. The van der Waals surface area contributed by atoms with Gasteiger partial charge in [-0.2, -0.15) is 0 Å². The molecule has 4 heteroatoms. The summed E-state index contributed by atoms with van der Waals surface area (Å²) in [5, 5.41) is 0. The van der Waals surface area contributed by atoms with Crippen LogP contribution in [-0.2, 0) is 13.0 Å². The molecule has 0 fully saturated rings. The van der Waals surface area contributed by atoms with E-state index in [1.165, 1.54) is 5.56 Å². The summed E-state index contributed by atoms with van der Waals surface area (Å²) in [5.41, 5.74) is 9.65. The Hall–Kier alpha value is -2.23. The number of carbonyl (C=O) groups excluding carboxylic acids is 1. The SMILES string of the molecule is Cc1cc(C(=O)N2CCc3ccc(N)cc3C2)c(C)o1. The lowest BCUT2D eigenvalue weighted by Gasteiger charge is -2.29. The van der Waals surface area contributed by atoms with E-state index >= 15 is 0 Å². The number of aryl methyl sites for hydroxylation is 2. The second-order valence-electron chi connectivity index (χ2n) is 5.33. The summed E-state index contributed by atoms with van der Waals surface area (Å²) in [7, 11) is 0. The first-order chi connectivity index (χ1) is 9.54. The Bertz CT molecular complexity index is 673. The normalized spacial score (nSPS) is 14.2. The van der Waals surface area contributed by atoms with Crippen LogP contribution in [0.5, 0.6) is 0 Å². The number of benzene rings is 1. The lowest BCUT2D eigenvalue weighted by molar-refractivity contribution is 0.0733. The molecule has 1 aromatic carbocycles. The maximum absolute atomic E-state index is 12.6. The Balaban J connectivity index is 1.86. The third kappa shape index (κ3) is 2.18. The van der Waals surface area contributed by atoms with Gasteiger partial charge in [0.2, 0.25) is 0 Å². The molecular weight excluding hydrogens is 252 g/mol. The quantitative estimate of drug-likeness (QED) is 0.810. The first kappa shape index (κ1) is 12.8. The number of amides is 1. The fourth-order valence-corrected chi connectivity index (χ4v) is 2.76. The molecule has 3 rings (SSSR count). The lowest BCUT2D eigenvalue weighted by Crippen LogP contribution is -2.36. The number of carbonyl (C=O) groups is 1. The van der Waals surface area contributed by atoms with Gasteiger partial charge in [-0.3, -0.25) is 4.79 Å². The summed E-state index contributed by atoms with van der Waals surface area (Å²) in [4.78, 5) is 14.4. The molecule has 1 aliphatic heterocycles. The molecule has 20 heavy (non-hydrogen) atoms. The number of hydrogen-bond acceptors (Lipinski definition) is 3. The van der Waals surface area contributed by atoms with Gasteiger partial charge in [-0.25, -0.2) is 0 Å². The van der Waals surface area contributed by atoms with E-state index in [4.69, 9.17) is 10.2 Å². The van der Waals surface area contributed by atoms with Crippen molar-refractivity contribution in [1.29, 1.82) is 0 Å². The van der Waals surface area contributed by atoms with Crippen molar-refractivity contribution in [3.8, 4) is 0 Å². The van der Waals surface area contributed by atoms with Crippen LogP contribution in [0.4, 0.5) is 5.69 Å². The van der Waals surface area contributed by atoms with Crippen molar-refractivity contribution in [2.45, 2.75) is 26.8 Å². The van der Waals surface area contributed by atoms with Crippen molar-refractivity contribution >= 4 is 11.6 Å². The molecule has 104 valence electrons. The van der Waals surface area contributed by atoms with Crippen LogP contribution in [0.25, 0.3) is 0 Å². The molecule has 1 amide bonds. The van der Waals surface area contributed by atoms with E-state index in [0.717, 1.165) is 30.0 Å². The van der Waals surface area contributed by atoms with Gasteiger partial charge < -0.3 is 15.1 Å². The summed E-state index contributed by atoms with van der Waals surface area (Å²) in [6, 6.07) is 7.74. The number of anilines is 1. The zero-order valence-electron chi connectivity index (χ0n) is 11.8. The van der Waals surface area contributed by atoms with E-state index in [-0.39, 0.29) is 5.91 Å². The van der Waals surface area contributed by atoms with Gasteiger partial charge in [0.25, 0.3) is 5.91 Å². The highest BCUT2D eigenvalue weighted by atomic mass is 16.3. The van der Waals surface area contributed by atoms with Gasteiger partial charge in [0, 0.05) is 18.8 Å². The zero-order chi connectivity index (χ0) is 14.3. The highest BCUT2D eigenvalue weighted by Crippen LogP contribution is 2.24. The van der Waals surface area contributed by atoms with Gasteiger partial charge in [0.1, 0.15) is 11.5 Å². The third-order valence-electron chi connectivity index (χ3n) is 3.80. The van der Waals surface area contributed by atoms with Crippen molar-refractivity contribution in [2.24, 2.45) is 0 Å². The first-order valence-electron chi connectivity index (χ1n) is 6.78. The predicted octanol–water partition coefficient (Wildman–Crippen LogP) is 2.68. The molecule has 0 radical (unpaired) electrons. The largest absolute Gasteiger partial charge is 0.466 e. The van der Waals surface area contributed by atoms with E-state index in [2.05, 4.69) is 6.07 Å². The van der Waals surface area contributed by atoms with Crippen LogP contribution in [0.15, 0.2) is 28.7 Å². The average Bonchev–Trinajstić information content (AvgIpc) is 2.76. The van der Waals surface area contributed by atoms with Crippen molar-refractivity contribution < 1.29 is 9.21 Å². The number of fused-ring (bicyclic) bond motifs is 1. The highest BCUT2D eigenvalue weighted by molar-refractivity contribution is 5.95. The van der Waals surface area contributed by atoms with Crippen molar-refractivity contribution in [1.82, 2.24) is 4.90 Å². The van der Waals surface area contributed by atoms with Crippen LogP contribution in [0.2, 0.25) is 0 Å². The fourth-order valence-electron chi connectivity index (χ4n) is 2.76. The minimum absolute atomic E-state index is 0.0347. The van der Waals surface area contributed by atoms with E-state index in [0.29, 0.717) is 17.9 Å². The Morgan fingerprint density at radius 3 is 2.75 bits per heavy atom. The summed E-state index contributed by atoms with van der Waals surface area (Å²) < 4.78 is 5.45. The van der Waals surface area contributed by atoms with E-state index in [1.54, 1.807) is 0 Å². The maximum atomic E-state index is 12.6. The number of nitrogens with two attached hydrogens (primary N) is 1. The van der Waals surface area contributed by atoms with E-state index in [9.17, 15) is 4.79 Å². The average molecular weight is 270 g/mol. The zero-order valence-corrected chi connectivity index (χ0v) is 11.8. The fraction of sp³-hybridized carbons (Fsp3) is 0.312. The van der Waals surface area contributed by atoms with Gasteiger partial charge in [-0.15, -0.1) is 0 Å². The van der Waals surface area contributed by atoms with E-state index in [1.807, 2.05) is 36.9 Å². The van der Waals surface area contributed by atoms with Gasteiger partial charge in [-0.05, 0) is 49.6 Å². The predicted molar refractivity (Wildman–Crippen MR) is 77.5 cm³/mol. The van der Waals surface area contributed by atoms with Crippen LogP contribution in [0, 0.1) is 13.8 Å². The summed E-state index contributed by atoms with van der Waals surface area (Å²) in [6.45, 7) is 5.04. The second kappa shape index (κ2) is 4.71. The van der Waals surface area contributed by atoms with Crippen molar-refractivity contribution in [3.63, 3.8) is 0 Å². The van der Waals surface area contributed by atoms with Crippen LogP contribution in [0.3, 0.4) is 0 Å². The smallest absolute Gasteiger partial charge is 0.257 e. The molecule has 0 bridgehead atoms. The van der Waals surface area contributed by atoms with Crippen LogP contribution >= 0.6 is 0 Å². The van der Waals surface area contributed by atoms with E-state index < -0.39 is 0 Å². The third-order valence-corrected chi connectivity index (χ3v) is 3.80. The summed E-state index contributed by atoms with van der Waals surface area (Å²) in [5.74, 6) is 1.49. The lowest BCUT2D eigenvalue weighted by atomic mass is 9.98. The molecule has 4 nitrogen and oxygen atoms in total. The Kier molecular flexibility index (Phi) is 3.01. The van der Waals surface area contributed by atoms with Crippen molar-refractivity contribution in [2.75, 3.05) is 12.3 Å². The van der Waals surface area contributed by atoms with Crippen molar-refractivity contribution in [3.05, 3.63) is 52.5 Å². The Labute approximate surface area is 118 Å². The molecule has 0 aliphatic carbocycles. The molecule has 2 aromatic rings. The second-order valence-corrected chi connectivity index (χ2v) is 5.33. The minimum atomic E-state index is 0.0347. The maximum Gasteiger partial charge on any atom is 0.257 e. The molecule has 0 unspecified atom stereocenters.